The number of benzene rings is 2. The van der Waals surface area contributed by atoms with Gasteiger partial charge < -0.3 is 0 Å². The Morgan fingerprint density at radius 1 is 1.12 bits per heavy atom. The lowest BCUT2D eigenvalue weighted by atomic mass is 9.86. The molecule has 0 spiro atoms. The van der Waals surface area contributed by atoms with Gasteiger partial charge in [0.25, 0.3) is 0 Å². The highest BCUT2D eigenvalue weighted by Gasteiger charge is 2.37. The highest BCUT2D eigenvalue weighted by atomic mass is 32.2. The molecule has 3 atom stereocenters. The van der Waals surface area contributed by atoms with Gasteiger partial charge in [-0.25, -0.2) is 8.42 Å². The Kier molecular flexibility index (Phi) is 4.54. The van der Waals surface area contributed by atoms with Gasteiger partial charge in [-0.1, -0.05) is 43.3 Å². The molecule has 6 heteroatoms. The molecule has 2 saturated heterocycles. The highest BCUT2D eigenvalue weighted by molar-refractivity contribution is 7.89. The first kappa shape index (κ1) is 17.0. The van der Waals surface area contributed by atoms with Crippen LogP contribution in [0, 0.1) is 11.8 Å². The zero-order valence-electron chi connectivity index (χ0n) is 14.5. The van der Waals surface area contributed by atoms with Crippen LogP contribution < -0.4 is 10.9 Å². The van der Waals surface area contributed by atoms with E-state index in [0.29, 0.717) is 35.9 Å². The molecule has 3 unspecified atom stereocenters. The van der Waals surface area contributed by atoms with Gasteiger partial charge in [0.1, 0.15) is 0 Å². The zero-order chi connectivity index (χ0) is 17.4. The van der Waals surface area contributed by atoms with Gasteiger partial charge in [0.05, 0.1) is 4.90 Å². The lowest BCUT2D eigenvalue weighted by Gasteiger charge is -2.36. The van der Waals surface area contributed by atoms with Crippen molar-refractivity contribution >= 4 is 20.8 Å². The predicted octanol–water partition coefficient (Wildman–Crippen LogP) is 2.35. The first-order valence-electron chi connectivity index (χ1n) is 9.03. The number of hydrogen-bond acceptors (Lipinski definition) is 4. The van der Waals surface area contributed by atoms with Gasteiger partial charge in [-0.2, -0.15) is 4.31 Å². The lowest BCUT2D eigenvalue weighted by Crippen LogP contribution is -2.48. The van der Waals surface area contributed by atoms with Crippen LogP contribution in [0.15, 0.2) is 47.4 Å². The van der Waals surface area contributed by atoms with Crippen LogP contribution in [-0.2, 0) is 10.0 Å². The summed E-state index contributed by atoms with van der Waals surface area (Å²) in [4.78, 5) is 0.428. The predicted molar refractivity (Wildman–Crippen MR) is 99.5 cm³/mol. The van der Waals surface area contributed by atoms with E-state index < -0.39 is 10.0 Å². The molecule has 2 N–H and O–H groups in total. The van der Waals surface area contributed by atoms with Crippen molar-refractivity contribution in [2.24, 2.45) is 11.8 Å². The number of hydrogen-bond donors (Lipinski definition) is 2. The number of rotatable bonds is 3. The van der Waals surface area contributed by atoms with E-state index in [0.717, 1.165) is 30.2 Å². The minimum atomic E-state index is -3.48. The van der Waals surface area contributed by atoms with Crippen LogP contribution in [0.25, 0.3) is 10.8 Å². The van der Waals surface area contributed by atoms with Crippen LogP contribution in [0.2, 0.25) is 0 Å². The highest BCUT2D eigenvalue weighted by Crippen LogP contribution is 2.31. The van der Waals surface area contributed by atoms with Crippen LogP contribution in [0.1, 0.15) is 19.8 Å². The van der Waals surface area contributed by atoms with E-state index in [4.69, 9.17) is 0 Å². The molecule has 134 valence electrons. The van der Waals surface area contributed by atoms with E-state index in [9.17, 15) is 8.42 Å². The zero-order valence-corrected chi connectivity index (χ0v) is 15.3. The molecule has 0 saturated carbocycles. The van der Waals surface area contributed by atoms with Crippen molar-refractivity contribution in [1.82, 2.24) is 15.2 Å². The molecular weight excluding hydrogens is 334 g/mol. The van der Waals surface area contributed by atoms with E-state index >= 15 is 0 Å². The third kappa shape index (κ3) is 3.08. The Bertz CT molecular complexity index is 863. The molecule has 25 heavy (non-hydrogen) atoms. The topological polar surface area (TPSA) is 61.4 Å². The Morgan fingerprint density at radius 2 is 1.92 bits per heavy atom. The smallest absolute Gasteiger partial charge is 0.243 e. The van der Waals surface area contributed by atoms with Crippen LogP contribution in [0.4, 0.5) is 0 Å². The van der Waals surface area contributed by atoms with Gasteiger partial charge in [-0.05, 0) is 36.1 Å². The third-order valence-electron chi connectivity index (χ3n) is 5.60. The van der Waals surface area contributed by atoms with Gasteiger partial charge in [0.2, 0.25) is 10.0 Å². The van der Waals surface area contributed by atoms with E-state index in [-0.39, 0.29) is 0 Å². The summed E-state index contributed by atoms with van der Waals surface area (Å²) in [6, 6.07) is 13.6. The van der Waals surface area contributed by atoms with Gasteiger partial charge in [0.15, 0.2) is 0 Å². The van der Waals surface area contributed by atoms with E-state index in [1.165, 1.54) is 0 Å². The molecule has 2 aliphatic heterocycles. The normalized spacial score (nSPS) is 28.4. The Labute approximate surface area is 149 Å². The monoisotopic (exact) mass is 359 g/mol. The van der Waals surface area contributed by atoms with Crippen LogP contribution in [0.5, 0.6) is 0 Å². The molecule has 2 aromatic rings. The number of nitrogens with zero attached hydrogens (tertiary/aromatic N) is 1. The fourth-order valence-electron chi connectivity index (χ4n) is 4.23. The van der Waals surface area contributed by atoms with Gasteiger partial charge in [-0.3, -0.25) is 10.9 Å². The molecule has 0 amide bonds. The summed E-state index contributed by atoms with van der Waals surface area (Å²) >= 11 is 0. The molecule has 2 heterocycles. The van der Waals surface area contributed by atoms with Gasteiger partial charge >= 0.3 is 0 Å². The molecule has 4 rings (SSSR count). The Balaban J connectivity index is 1.65. The standard InChI is InChI=1S/C19H25N3O2S/c1-14-12-20-21-19(14)16-8-5-11-22(13-16)25(23,24)18-10-4-7-15-6-2-3-9-17(15)18/h2-4,6-7,9-10,14,16,19-21H,5,8,11-13H2,1H3. The number of hydrazine groups is 1. The summed E-state index contributed by atoms with van der Waals surface area (Å²) in [7, 11) is -3.48. The second-order valence-electron chi connectivity index (χ2n) is 7.27. The van der Waals surface area contributed by atoms with E-state index in [1.807, 2.05) is 36.4 Å². The first-order chi connectivity index (χ1) is 12.1. The quantitative estimate of drug-likeness (QED) is 0.883. The van der Waals surface area contributed by atoms with Crippen molar-refractivity contribution in [2.75, 3.05) is 19.6 Å². The molecule has 0 radical (unpaired) electrons. The maximum atomic E-state index is 13.3. The summed E-state index contributed by atoms with van der Waals surface area (Å²) in [6.45, 7) is 4.36. The van der Waals surface area contributed by atoms with Crippen molar-refractivity contribution in [1.29, 1.82) is 0 Å². The van der Waals surface area contributed by atoms with Crippen LogP contribution >= 0.6 is 0 Å². The minimum Gasteiger partial charge on any atom is -0.257 e. The average Bonchev–Trinajstić information content (AvgIpc) is 3.07. The molecule has 2 aliphatic rings. The van der Waals surface area contributed by atoms with Crippen molar-refractivity contribution in [3.8, 4) is 0 Å². The fourth-order valence-corrected chi connectivity index (χ4v) is 5.98. The van der Waals surface area contributed by atoms with Crippen molar-refractivity contribution < 1.29 is 8.42 Å². The van der Waals surface area contributed by atoms with Crippen molar-refractivity contribution in [2.45, 2.75) is 30.7 Å². The summed E-state index contributed by atoms with van der Waals surface area (Å²) in [6.07, 6.45) is 1.99. The molecule has 2 aromatic carbocycles. The fraction of sp³-hybridized carbons (Fsp3) is 0.474. The summed E-state index contributed by atoms with van der Waals surface area (Å²) in [5, 5.41) is 1.77. The summed E-state index contributed by atoms with van der Waals surface area (Å²) < 4.78 is 28.4. The second-order valence-corrected chi connectivity index (χ2v) is 9.18. The SMILES string of the molecule is CC1CNNC1C1CCCN(S(=O)(=O)c2cccc3ccccc23)C1. The van der Waals surface area contributed by atoms with Crippen molar-refractivity contribution in [3.63, 3.8) is 0 Å². The average molecular weight is 359 g/mol. The second kappa shape index (κ2) is 6.68. The Hall–Kier alpha value is -1.47. The minimum absolute atomic E-state index is 0.338. The number of nitrogens with one attached hydrogen (secondary N) is 2. The molecule has 2 fully saturated rings. The number of piperidine rings is 1. The van der Waals surface area contributed by atoms with E-state index in [1.54, 1.807) is 10.4 Å². The maximum absolute atomic E-state index is 13.3. The molecule has 0 bridgehead atoms. The summed E-state index contributed by atoms with van der Waals surface area (Å²) in [5.41, 5.74) is 6.56. The van der Waals surface area contributed by atoms with Crippen LogP contribution in [0.3, 0.4) is 0 Å². The molecule has 0 aliphatic carbocycles. The van der Waals surface area contributed by atoms with Gasteiger partial charge in [0, 0.05) is 31.1 Å². The van der Waals surface area contributed by atoms with Crippen molar-refractivity contribution in [3.05, 3.63) is 42.5 Å². The maximum Gasteiger partial charge on any atom is 0.243 e. The van der Waals surface area contributed by atoms with E-state index in [2.05, 4.69) is 17.8 Å². The van der Waals surface area contributed by atoms with Crippen LogP contribution in [-0.4, -0.2) is 38.4 Å². The lowest BCUT2D eigenvalue weighted by molar-refractivity contribution is 0.205. The van der Waals surface area contributed by atoms with Gasteiger partial charge in [-0.15, -0.1) is 0 Å². The molecule has 5 nitrogen and oxygen atoms in total. The molecule has 0 aromatic heterocycles. The Morgan fingerprint density at radius 3 is 2.72 bits per heavy atom. The largest absolute Gasteiger partial charge is 0.257 e. The number of fused-ring (bicyclic) bond motifs is 1. The number of sulfonamides is 1. The third-order valence-corrected chi connectivity index (χ3v) is 7.53. The first-order valence-corrected chi connectivity index (χ1v) is 10.5. The molecular formula is C19H25N3O2S. The summed E-state index contributed by atoms with van der Waals surface area (Å²) in [5.74, 6) is 0.869.